The van der Waals surface area contributed by atoms with Crippen LogP contribution in [-0.2, 0) is 14.3 Å². The van der Waals surface area contributed by atoms with Gasteiger partial charge in [0.2, 0.25) is 0 Å². The van der Waals surface area contributed by atoms with Crippen LogP contribution < -0.4 is 11.1 Å². The third-order valence-electron chi connectivity index (χ3n) is 1.98. The second-order valence-corrected chi connectivity index (χ2v) is 3.15. The normalized spacial score (nSPS) is 14.3. The number of carbonyl (C=O) groups excluding carboxylic acids is 1. The van der Waals surface area contributed by atoms with Crippen molar-refractivity contribution in [2.45, 2.75) is 31.9 Å². The summed E-state index contributed by atoms with van der Waals surface area (Å²) in [4.78, 5) is 22.2. The molecule has 88 valence electrons. The van der Waals surface area contributed by atoms with E-state index in [9.17, 15) is 9.59 Å². The van der Waals surface area contributed by atoms with Crippen molar-refractivity contribution >= 4 is 11.9 Å². The van der Waals surface area contributed by atoms with Crippen molar-refractivity contribution in [3.8, 4) is 0 Å². The van der Waals surface area contributed by atoms with Crippen LogP contribution in [0.5, 0.6) is 0 Å². The molecule has 0 rings (SSSR count). The number of nitrogens with one attached hydrogen (secondary N) is 1. The molecule has 0 fully saturated rings. The van der Waals surface area contributed by atoms with Crippen molar-refractivity contribution in [2.75, 3.05) is 13.7 Å². The second kappa shape index (κ2) is 7.19. The molecule has 0 aliphatic rings. The largest absolute Gasteiger partial charge is 0.480 e. The fourth-order valence-corrected chi connectivity index (χ4v) is 1.12. The molecule has 0 saturated carbocycles. The van der Waals surface area contributed by atoms with E-state index in [4.69, 9.17) is 15.6 Å². The van der Waals surface area contributed by atoms with Crippen molar-refractivity contribution in [2.24, 2.45) is 5.73 Å². The van der Waals surface area contributed by atoms with E-state index in [1.54, 1.807) is 0 Å². The lowest BCUT2D eigenvalue weighted by Gasteiger charge is -2.17. The number of hydrogen-bond acceptors (Lipinski definition) is 4. The number of ether oxygens (including phenoxy) is 1. The number of carboxylic acid groups (broad SMARTS) is 1. The highest BCUT2D eigenvalue weighted by Gasteiger charge is 2.23. The van der Waals surface area contributed by atoms with Crippen molar-refractivity contribution in [1.29, 1.82) is 0 Å². The van der Waals surface area contributed by atoms with Crippen molar-refractivity contribution in [1.82, 2.24) is 5.32 Å². The van der Waals surface area contributed by atoms with Gasteiger partial charge in [0.25, 0.3) is 5.91 Å². The number of nitrogens with two attached hydrogens (primary N) is 1. The molecule has 15 heavy (non-hydrogen) atoms. The van der Waals surface area contributed by atoms with Crippen LogP contribution in [0, 0.1) is 0 Å². The van der Waals surface area contributed by atoms with Gasteiger partial charge in [-0.05, 0) is 6.42 Å². The van der Waals surface area contributed by atoms with Gasteiger partial charge in [0.05, 0.1) is 0 Å². The molecule has 0 heterocycles. The average molecular weight is 218 g/mol. The first-order valence-corrected chi connectivity index (χ1v) is 4.82. The van der Waals surface area contributed by atoms with E-state index in [0.29, 0.717) is 12.8 Å². The van der Waals surface area contributed by atoms with Gasteiger partial charge in [-0.15, -0.1) is 0 Å². The summed E-state index contributed by atoms with van der Waals surface area (Å²) in [7, 11) is 1.35. The van der Waals surface area contributed by atoms with Crippen molar-refractivity contribution in [3.63, 3.8) is 0 Å². The van der Waals surface area contributed by atoms with Crippen LogP contribution in [0.2, 0.25) is 0 Å². The van der Waals surface area contributed by atoms with Crippen molar-refractivity contribution in [3.05, 3.63) is 0 Å². The molecule has 0 aromatic carbocycles. The van der Waals surface area contributed by atoms with E-state index in [0.717, 1.165) is 0 Å². The standard InChI is InChI=1S/C9H18N2O4/c1-3-4-6(9(13)14)11-8(12)7(5-10)15-2/h6-7H,3-5,10H2,1-2H3,(H,11,12)(H,13,14)/t6-,7?/m1/s1. The third-order valence-corrected chi connectivity index (χ3v) is 1.98. The number of hydrogen-bond donors (Lipinski definition) is 3. The lowest BCUT2D eigenvalue weighted by Crippen LogP contribution is -2.48. The van der Waals surface area contributed by atoms with Crippen LogP contribution in [0.3, 0.4) is 0 Å². The molecular weight excluding hydrogens is 200 g/mol. The van der Waals surface area contributed by atoms with E-state index in [1.807, 2.05) is 6.92 Å². The number of rotatable bonds is 7. The van der Waals surface area contributed by atoms with Crippen LogP contribution in [0.4, 0.5) is 0 Å². The van der Waals surface area contributed by atoms with E-state index in [2.05, 4.69) is 5.32 Å². The van der Waals surface area contributed by atoms with Gasteiger partial charge < -0.3 is 20.9 Å². The Kier molecular flexibility index (Phi) is 6.64. The molecule has 1 amide bonds. The van der Waals surface area contributed by atoms with Gasteiger partial charge in [-0.25, -0.2) is 4.79 Å². The highest BCUT2D eigenvalue weighted by atomic mass is 16.5. The lowest BCUT2D eigenvalue weighted by molar-refractivity contribution is -0.143. The zero-order valence-corrected chi connectivity index (χ0v) is 9.03. The lowest BCUT2D eigenvalue weighted by atomic mass is 10.1. The molecule has 0 aromatic heterocycles. The zero-order chi connectivity index (χ0) is 11.8. The topological polar surface area (TPSA) is 102 Å². The molecule has 1 unspecified atom stereocenters. The predicted octanol–water partition coefficient (Wildman–Crippen LogP) is -0.670. The molecular formula is C9H18N2O4. The minimum atomic E-state index is -1.04. The first-order chi connectivity index (χ1) is 7.06. The van der Waals surface area contributed by atoms with Gasteiger partial charge in [-0.1, -0.05) is 13.3 Å². The van der Waals surface area contributed by atoms with Gasteiger partial charge in [-0.2, -0.15) is 0 Å². The Morgan fingerprint density at radius 1 is 1.53 bits per heavy atom. The summed E-state index contributed by atoms with van der Waals surface area (Å²) in [5.74, 6) is -1.53. The highest BCUT2D eigenvalue weighted by molar-refractivity contribution is 5.86. The van der Waals surface area contributed by atoms with E-state index < -0.39 is 24.0 Å². The first kappa shape index (κ1) is 13.9. The van der Waals surface area contributed by atoms with Crippen LogP contribution in [0.15, 0.2) is 0 Å². The average Bonchev–Trinajstić information content (AvgIpc) is 2.18. The van der Waals surface area contributed by atoms with E-state index >= 15 is 0 Å². The maximum absolute atomic E-state index is 11.4. The van der Waals surface area contributed by atoms with Crippen LogP contribution >= 0.6 is 0 Å². The van der Waals surface area contributed by atoms with Gasteiger partial charge >= 0.3 is 5.97 Å². The Morgan fingerprint density at radius 3 is 2.47 bits per heavy atom. The molecule has 4 N–H and O–H groups in total. The Hall–Kier alpha value is -1.14. The molecule has 0 radical (unpaired) electrons. The molecule has 0 aliphatic heterocycles. The number of carbonyl (C=O) groups is 2. The van der Waals surface area contributed by atoms with Crippen molar-refractivity contribution < 1.29 is 19.4 Å². The molecule has 0 spiro atoms. The second-order valence-electron chi connectivity index (χ2n) is 3.15. The third kappa shape index (κ3) is 4.75. The molecule has 0 aliphatic carbocycles. The Balaban J connectivity index is 4.27. The summed E-state index contributed by atoms with van der Waals surface area (Å²) < 4.78 is 4.79. The van der Waals surface area contributed by atoms with Gasteiger partial charge in [-0.3, -0.25) is 4.79 Å². The van der Waals surface area contributed by atoms with Crippen LogP contribution in [-0.4, -0.2) is 42.8 Å². The smallest absolute Gasteiger partial charge is 0.326 e. The minimum Gasteiger partial charge on any atom is -0.480 e. The molecule has 0 bridgehead atoms. The Labute approximate surface area is 88.8 Å². The maximum Gasteiger partial charge on any atom is 0.326 e. The van der Waals surface area contributed by atoms with Crippen LogP contribution in [0.25, 0.3) is 0 Å². The summed E-state index contributed by atoms with van der Waals surface area (Å²) in [5, 5.41) is 11.2. The number of amides is 1. The quantitative estimate of drug-likeness (QED) is 0.526. The molecule has 2 atom stereocenters. The summed E-state index contributed by atoms with van der Waals surface area (Å²) in [6.45, 7) is 1.87. The molecule has 6 nitrogen and oxygen atoms in total. The van der Waals surface area contributed by atoms with Crippen LogP contribution in [0.1, 0.15) is 19.8 Å². The van der Waals surface area contributed by atoms with Gasteiger partial charge in [0, 0.05) is 13.7 Å². The number of methoxy groups -OCH3 is 1. The van der Waals surface area contributed by atoms with Gasteiger partial charge in [0.15, 0.2) is 0 Å². The summed E-state index contributed by atoms with van der Waals surface area (Å²) in [5.41, 5.74) is 5.28. The molecule has 6 heteroatoms. The van der Waals surface area contributed by atoms with Gasteiger partial charge in [0.1, 0.15) is 12.1 Å². The monoisotopic (exact) mass is 218 g/mol. The Morgan fingerprint density at radius 2 is 2.13 bits per heavy atom. The summed E-state index contributed by atoms with van der Waals surface area (Å²) in [6.07, 6.45) is 0.281. The maximum atomic E-state index is 11.4. The Bertz CT molecular complexity index is 216. The molecule has 0 saturated heterocycles. The zero-order valence-electron chi connectivity index (χ0n) is 9.03. The van der Waals surface area contributed by atoms with E-state index in [1.165, 1.54) is 7.11 Å². The van der Waals surface area contributed by atoms with E-state index in [-0.39, 0.29) is 6.54 Å². The summed E-state index contributed by atoms with van der Waals surface area (Å²) in [6, 6.07) is -0.869. The SMILES string of the molecule is CCC[C@@H](NC(=O)C(CN)OC)C(=O)O. The minimum absolute atomic E-state index is 0.0286. The molecule has 0 aromatic rings. The number of carboxylic acids is 1. The fraction of sp³-hybridized carbons (Fsp3) is 0.778. The highest BCUT2D eigenvalue weighted by Crippen LogP contribution is 1.98. The number of aliphatic carboxylic acids is 1. The fourth-order valence-electron chi connectivity index (χ4n) is 1.12. The predicted molar refractivity (Wildman–Crippen MR) is 54.3 cm³/mol. The summed E-state index contributed by atoms with van der Waals surface area (Å²) >= 11 is 0. The first-order valence-electron chi connectivity index (χ1n) is 4.82.